The van der Waals surface area contributed by atoms with Crippen LogP contribution >= 0.6 is 0 Å². The topological polar surface area (TPSA) is 35.6 Å². The Labute approximate surface area is 83.1 Å². The predicted molar refractivity (Wildman–Crippen MR) is 40.1 cm³/mol. The Morgan fingerprint density at radius 2 is 2.27 bits per heavy atom. The molecule has 4 heteroatoms. The third kappa shape index (κ3) is 2.28. The molecule has 0 aromatic rings. The van der Waals surface area contributed by atoms with E-state index in [1.165, 1.54) is 0 Å². The fourth-order valence-corrected chi connectivity index (χ4v) is 0.871. The lowest BCUT2D eigenvalue weighted by Crippen LogP contribution is -3.00. The number of allylic oxidation sites excluding steroid dienone is 1. The standard InChI is InChI=1S/C7H10N2O.HI/c1-6-7(8-10)4-3-5-9(6)2;/h3-6H,1-2H3;1H. The molecule has 0 fully saturated rings. The second kappa shape index (κ2) is 4.48. The summed E-state index contributed by atoms with van der Waals surface area (Å²) in [5.74, 6) is 0. The molecule has 1 aliphatic heterocycles. The Morgan fingerprint density at radius 1 is 1.64 bits per heavy atom. The Kier molecular flexibility index (Phi) is 4.32. The van der Waals surface area contributed by atoms with Crippen molar-refractivity contribution in [2.24, 2.45) is 5.16 Å². The van der Waals surface area contributed by atoms with Crippen LogP contribution in [0.15, 0.2) is 17.3 Å². The third-order valence-electron chi connectivity index (χ3n) is 1.74. The van der Waals surface area contributed by atoms with Gasteiger partial charge in [-0.3, -0.25) is 0 Å². The summed E-state index contributed by atoms with van der Waals surface area (Å²) in [7, 11) is 1.94. The number of hydrogen-bond acceptors (Lipinski definition) is 2. The van der Waals surface area contributed by atoms with Gasteiger partial charge >= 0.3 is 0 Å². The first-order chi connectivity index (χ1) is 4.75. The average Bonchev–Trinajstić information content (AvgIpc) is 1.95. The summed E-state index contributed by atoms with van der Waals surface area (Å²) in [4.78, 5) is 0. The average molecular weight is 266 g/mol. The highest BCUT2D eigenvalue weighted by Gasteiger charge is 2.18. The highest BCUT2D eigenvalue weighted by atomic mass is 127. The molecular formula is C7H11IN2O. The summed E-state index contributed by atoms with van der Waals surface area (Å²) in [5.41, 5.74) is 0.699. The van der Waals surface area contributed by atoms with E-state index in [9.17, 15) is 0 Å². The van der Waals surface area contributed by atoms with Crippen LogP contribution < -0.4 is 24.0 Å². The molecule has 0 saturated heterocycles. The van der Waals surface area contributed by atoms with E-state index in [1.54, 1.807) is 6.08 Å². The molecule has 1 heterocycles. The van der Waals surface area contributed by atoms with Gasteiger partial charge in [-0.15, -0.1) is 0 Å². The molecule has 0 bridgehead atoms. The lowest BCUT2D eigenvalue weighted by atomic mass is 10.1. The molecule has 11 heavy (non-hydrogen) atoms. The highest BCUT2D eigenvalue weighted by Crippen LogP contribution is 1.98. The zero-order chi connectivity index (χ0) is 7.56. The molecule has 1 rings (SSSR count). The van der Waals surface area contributed by atoms with Crippen molar-refractivity contribution in [1.29, 1.82) is 0 Å². The minimum Gasteiger partial charge on any atom is -1.00 e. The van der Waals surface area contributed by atoms with Crippen molar-refractivity contribution < 1.29 is 33.8 Å². The molecule has 0 saturated carbocycles. The predicted octanol–water partition coefficient (Wildman–Crippen LogP) is -2.51. The molecule has 1 N–H and O–H groups in total. The fraction of sp³-hybridized carbons (Fsp3) is 0.429. The van der Waals surface area contributed by atoms with Crippen LogP contribution in [0.1, 0.15) is 6.92 Å². The number of nitrogens with zero attached hydrogens (tertiary/aromatic N) is 2. The van der Waals surface area contributed by atoms with E-state index in [2.05, 4.69) is 5.16 Å². The molecule has 62 valence electrons. The smallest absolute Gasteiger partial charge is 0.194 e. The molecule has 0 aromatic heterocycles. The first kappa shape index (κ1) is 10.6. The monoisotopic (exact) mass is 266 g/mol. The molecule has 0 spiro atoms. The maximum atomic E-state index is 8.48. The van der Waals surface area contributed by atoms with Crippen molar-refractivity contribution in [3.8, 4) is 0 Å². The SMILES string of the molecule is CC1C(=NO)C=CC=[N+]1C.[I-]. The number of rotatable bonds is 0. The third-order valence-corrected chi connectivity index (χ3v) is 1.74. The molecular weight excluding hydrogens is 255 g/mol. The normalized spacial score (nSPS) is 26.2. The summed E-state index contributed by atoms with van der Waals surface area (Å²) >= 11 is 0. The van der Waals surface area contributed by atoms with Gasteiger partial charge in [0.25, 0.3) is 0 Å². The minimum atomic E-state index is 0. The van der Waals surface area contributed by atoms with Gasteiger partial charge in [0.2, 0.25) is 0 Å². The number of oxime groups is 1. The van der Waals surface area contributed by atoms with Crippen LogP contribution in [0.4, 0.5) is 0 Å². The van der Waals surface area contributed by atoms with E-state index in [4.69, 9.17) is 5.21 Å². The van der Waals surface area contributed by atoms with Crippen LogP contribution in [0.2, 0.25) is 0 Å². The van der Waals surface area contributed by atoms with Crippen molar-refractivity contribution in [1.82, 2.24) is 0 Å². The lowest BCUT2D eigenvalue weighted by molar-refractivity contribution is -0.510. The zero-order valence-electron chi connectivity index (χ0n) is 6.53. The summed E-state index contributed by atoms with van der Waals surface area (Å²) in [6.07, 6.45) is 5.60. The van der Waals surface area contributed by atoms with Gasteiger partial charge in [-0.25, -0.2) is 4.58 Å². The summed E-state index contributed by atoms with van der Waals surface area (Å²) in [6, 6.07) is 0.176. The Balaban J connectivity index is 0.000001000. The van der Waals surface area contributed by atoms with Crippen molar-refractivity contribution >= 4 is 11.9 Å². The van der Waals surface area contributed by atoms with Crippen LogP contribution in [-0.2, 0) is 0 Å². The van der Waals surface area contributed by atoms with Crippen molar-refractivity contribution in [3.05, 3.63) is 12.2 Å². The van der Waals surface area contributed by atoms with Crippen LogP contribution in [0.3, 0.4) is 0 Å². The molecule has 1 unspecified atom stereocenters. The number of hydrogen-bond donors (Lipinski definition) is 1. The van der Waals surface area contributed by atoms with E-state index in [1.807, 2.05) is 30.8 Å². The Hall–Kier alpha value is -0.390. The van der Waals surface area contributed by atoms with Gasteiger partial charge in [0.1, 0.15) is 12.8 Å². The molecule has 3 nitrogen and oxygen atoms in total. The van der Waals surface area contributed by atoms with Gasteiger partial charge in [-0.1, -0.05) is 5.16 Å². The van der Waals surface area contributed by atoms with Crippen molar-refractivity contribution in [3.63, 3.8) is 0 Å². The largest absolute Gasteiger partial charge is 1.00 e. The van der Waals surface area contributed by atoms with E-state index in [0.717, 1.165) is 0 Å². The maximum absolute atomic E-state index is 8.48. The summed E-state index contributed by atoms with van der Waals surface area (Å²) in [6.45, 7) is 1.98. The molecule has 0 aromatic carbocycles. The minimum absolute atomic E-state index is 0. The fourth-order valence-electron chi connectivity index (χ4n) is 0.871. The molecule has 1 aliphatic rings. The van der Waals surface area contributed by atoms with Crippen molar-refractivity contribution in [2.45, 2.75) is 13.0 Å². The van der Waals surface area contributed by atoms with Gasteiger partial charge in [0.05, 0.1) is 0 Å². The Bertz CT molecular complexity index is 220. The van der Waals surface area contributed by atoms with E-state index >= 15 is 0 Å². The van der Waals surface area contributed by atoms with Crippen LogP contribution in [0.25, 0.3) is 0 Å². The molecule has 0 radical (unpaired) electrons. The van der Waals surface area contributed by atoms with Crippen LogP contribution in [0.5, 0.6) is 0 Å². The molecule has 1 atom stereocenters. The summed E-state index contributed by atoms with van der Waals surface area (Å²) in [5, 5.41) is 11.6. The zero-order valence-corrected chi connectivity index (χ0v) is 8.69. The van der Waals surface area contributed by atoms with Gasteiger partial charge in [-0.05, 0) is 6.08 Å². The number of halogens is 1. The lowest BCUT2D eigenvalue weighted by Gasteiger charge is -2.08. The molecule has 0 aliphatic carbocycles. The summed E-state index contributed by atoms with van der Waals surface area (Å²) < 4.78 is 1.98. The highest BCUT2D eigenvalue weighted by molar-refractivity contribution is 6.01. The first-order valence-corrected chi connectivity index (χ1v) is 3.21. The van der Waals surface area contributed by atoms with Gasteiger partial charge in [0.15, 0.2) is 12.3 Å². The van der Waals surface area contributed by atoms with E-state index in [0.29, 0.717) is 5.71 Å². The second-order valence-electron chi connectivity index (χ2n) is 2.37. The van der Waals surface area contributed by atoms with Gasteiger partial charge in [-0.2, -0.15) is 0 Å². The molecule has 0 amide bonds. The van der Waals surface area contributed by atoms with E-state index < -0.39 is 0 Å². The second-order valence-corrected chi connectivity index (χ2v) is 2.37. The van der Waals surface area contributed by atoms with Gasteiger partial charge < -0.3 is 29.2 Å². The van der Waals surface area contributed by atoms with Crippen LogP contribution in [-0.4, -0.2) is 34.8 Å². The van der Waals surface area contributed by atoms with E-state index in [-0.39, 0.29) is 30.0 Å². The van der Waals surface area contributed by atoms with Gasteiger partial charge in [0, 0.05) is 13.0 Å². The van der Waals surface area contributed by atoms with Crippen molar-refractivity contribution in [2.75, 3.05) is 7.05 Å². The quantitative estimate of drug-likeness (QED) is 0.223. The Morgan fingerprint density at radius 3 is 2.73 bits per heavy atom. The van der Waals surface area contributed by atoms with Crippen LogP contribution in [0, 0.1) is 0 Å². The maximum Gasteiger partial charge on any atom is 0.194 e. The first-order valence-electron chi connectivity index (χ1n) is 3.21.